The zero-order valence-corrected chi connectivity index (χ0v) is 13.4. The largest absolute Gasteiger partial charge is 0.385 e. The van der Waals surface area contributed by atoms with Gasteiger partial charge in [0, 0.05) is 38.8 Å². The molecule has 0 aliphatic carbocycles. The summed E-state index contributed by atoms with van der Waals surface area (Å²) in [5.74, 6) is -0.403. The topological polar surface area (TPSA) is 71.5 Å². The number of hydrogen-bond donors (Lipinski definition) is 1. The van der Waals surface area contributed by atoms with Gasteiger partial charge >= 0.3 is 0 Å². The second-order valence-electron chi connectivity index (χ2n) is 5.15. The van der Waals surface area contributed by atoms with Crippen LogP contribution in [-0.2, 0) is 14.3 Å². The van der Waals surface area contributed by atoms with Gasteiger partial charge in [-0.1, -0.05) is 18.2 Å². The van der Waals surface area contributed by atoms with Gasteiger partial charge in [-0.15, -0.1) is 0 Å². The minimum absolute atomic E-state index is 0.0298. The van der Waals surface area contributed by atoms with Crippen molar-refractivity contribution in [1.82, 2.24) is 10.3 Å². The van der Waals surface area contributed by atoms with Crippen LogP contribution in [0.3, 0.4) is 0 Å². The summed E-state index contributed by atoms with van der Waals surface area (Å²) in [6.07, 6.45) is 2.41. The number of anilines is 1. The Morgan fingerprint density at radius 3 is 2.78 bits per heavy atom. The molecule has 0 aliphatic rings. The number of methoxy groups -OCH3 is 1. The van der Waals surface area contributed by atoms with Crippen molar-refractivity contribution in [3.63, 3.8) is 0 Å². The van der Waals surface area contributed by atoms with Crippen LogP contribution in [-0.4, -0.2) is 43.6 Å². The highest BCUT2D eigenvalue weighted by atomic mass is 16.5. The molecule has 0 aliphatic heterocycles. The fraction of sp³-hybridized carbons (Fsp3) is 0.353. The standard InChI is InChI=1S/C17H21N3O3/c1-13(21)20(12-16(22)18-10-5-11-23-2)15-8-3-6-14-7-4-9-19-17(14)15/h3-4,6-9H,5,10-12H2,1-2H3,(H,18,22). The summed E-state index contributed by atoms with van der Waals surface area (Å²) >= 11 is 0. The molecule has 0 atom stereocenters. The lowest BCUT2D eigenvalue weighted by Gasteiger charge is -2.21. The number of carbonyl (C=O) groups excluding carboxylic acids is 2. The second kappa shape index (κ2) is 8.24. The van der Waals surface area contributed by atoms with Crippen LogP contribution < -0.4 is 10.2 Å². The van der Waals surface area contributed by atoms with Crippen LogP contribution in [0.25, 0.3) is 10.9 Å². The maximum atomic E-state index is 12.1. The number of benzene rings is 1. The SMILES string of the molecule is COCCCNC(=O)CN(C(C)=O)c1cccc2cccnc12. The smallest absolute Gasteiger partial charge is 0.240 e. The van der Waals surface area contributed by atoms with Crippen molar-refractivity contribution in [3.05, 3.63) is 36.5 Å². The lowest BCUT2D eigenvalue weighted by molar-refractivity contribution is -0.123. The first-order valence-corrected chi connectivity index (χ1v) is 7.51. The van der Waals surface area contributed by atoms with Gasteiger partial charge < -0.3 is 15.0 Å². The van der Waals surface area contributed by atoms with Crippen LogP contribution in [0.1, 0.15) is 13.3 Å². The maximum Gasteiger partial charge on any atom is 0.240 e. The van der Waals surface area contributed by atoms with Crippen LogP contribution >= 0.6 is 0 Å². The fourth-order valence-electron chi connectivity index (χ4n) is 2.32. The number of rotatable bonds is 7. The summed E-state index contributed by atoms with van der Waals surface area (Å²) in [5.41, 5.74) is 1.35. The minimum atomic E-state index is -0.204. The monoisotopic (exact) mass is 315 g/mol. The Labute approximate surface area is 135 Å². The molecule has 1 aromatic carbocycles. The molecule has 1 heterocycles. The first kappa shape index (κ1) is 16.9. The van der Waals surface area contributed by atoms with Crippen molar-refractivity contribution in [2.45, 2.75) is 13.3 Å². The van der Waals surface area contributed by atoms with Gasteiger partial charge in [-0.2, -0.15) is 0 Å². The molecule has 1 N–H and O–H groups in total. The molecule has 0 saturated carbocycles. The number of pyridine rings is 1. The number of amides is 2. The Kier molecular flexibility index (Phi) is 6.05. The lowest BCUT2D eigenvalue weighted by atomic mass is 10.1. The van der Waals surface area contributed by atoms with E-state index in [1.807, 2.05) is 24.3 Å². The Balaban J connectivity index is 2.15. The predicted molar refractivity (Wildman–Crippen MR) is 89.3 cm³/mol. The highest BCUT2D eigenvalue weighted by Crippen LogP contribution is 2.24. The van der Waals surface area contributed by atoms with E-state index in [1.165, 1.54) is 11.8 Å². The average Bonchev–Trinajstić information content (AvgIpc) is 2.56. The van der Waals surface area contributed by atoms with E-state index < -0.39 is 0 Å². The molecule has 0 fully saturated rings. The quantitative estimate of drug-likeness (QED) is 0.790. The van der Waals surface area contributed by atoms with Crippen molar-refractivity contribution >= 4 is 28.4 Å². The van der Waals surface area contributed by atoms with E-state index in [0.717, 1.165) is 11.8 Å². The highest BCUT2D eigenvalue weighted by Gasteiger charge is 2.18. The minimum Gasteiger partial charge on any atom is -0.385 e. The van der Waals surface area contributed by atoms with Crippen LogP contribution in [0.15, 0.2) is 36.5 Å². The third-order valence-corrected chi connectivity index (χ3v) is 3.43. The number of nitrogens with zero attached hydrogens (tertiary/aromatic N) is 2. The third kappa shape index (κ3) is 4.50. The molecular weight excluding hydrogens is 294 g/mol. The van der Waals surface area contributed by atoms with E-state index in [-0.39, 0.29) is 18.4 Å². The number of hydrogen-bond acceptors (Lipinski definition) is 4. The Bertz CT molecular complexity index is 682. The van der Waals surface area contributed by atoms with Gasteiger partial charge in [0.05, 0.1) is 11.2 Å². The molecule has 0 radical (unpaired) electrons. The van der Waals surface area contributed by atoms with Crippen LogP contribution in [0.5, 0.6) is 0 Å². The molecular formula is C17H21N3O3. The molecule has 2 aromatic rings. The molecule has 1 aromatic heterocycles. The molecule has 0 spiro atoms. The number of ether oxygens (including phenoxy) is 1. The zero-order valence-electron chi connectivity index (χ0n) is 13.4. The summed E-state index contributed by atoms with van der Waals surface area (Å²) in [7, 11) is 1.62. The summed E-state index contributed by atoms with van der Waals surface area (Å²) < 4.78 is 4.94. The van der Waals surface area contributed by atoms with Crippen LogP contribution in [0.4, 0.5) is 5.69 Å². The number of carbonyl (C=O) groups is 2. The molecule has 2 rings (SSSR count). The molecule has 0 unspecified atom stereocenters. The van der Waals surface area contributed by atoms with E-state index in [2.05, 4.69) is 10.3 Å². The molecule has 2 amide bonds. The van der Waals surface area contributed by atoms with E-state index in [1.54, 1.807) is 19.4 Å². The van der Waals surface area contributed by atoms with Gasteiger partial charge in [0.15, 0.2) is 0 Å². The van der Waals surface area contributed by atoms with E-state index in [9.17, 15) is 9.59 Å². The summed E-state index contributed by atoms with van der Waals surface area (Å²) in [6.45, 7) is 2.52. The van der Waals surface area contributed by atoms with Crippen molar-refractivity contribution in [1.29, 1.82) is 0 Å². The van der Waals surface area contributed by atoms with Gasteiger partial charge in [0.25, 0.3) is 0 Å². The maximum absolute atomic E-state index is 12.1. The Morgan fingerprint density at radius 1 is 1.26 bits per heavy atom. The van der Waals surface area contributed by atoms with E-state index in [0.29, 0.717) is 24.4 Å². The van der Waals surface area contributed by atoms with Gasteiger partial charge in [0.1, 0.15) is 6.54 Å². The molecule has 0 saturated heterocycles. The van der Waals surface area contributed by atoms with E-state index >= 15 is 0 Å². The molecule has 0 bridgehead atoms. The van der Waals surface area contributed by atoms with Crippen molar-refractivity contribution < 1.29 is 14.3 Å². The molecule has 6 heteroatoms. The molecule has 6 nitrogen and oxygen atoms in total. The molecule has 23 heavy (non-hydrogen) atoms. The first-order chi connectivity index (χ1) is 11.1. The second-order valence-corrected chi connectivity index (χ2v) is 5.15. The number of aromatic nitrogens is 1. The van der Waals surface area contributed by atoms with Crippen LogP contribution in [0, 0.1) is 0 Å². The van der Waals surface area contributed by atoms with Gasteiger partial charge in [-0.05, 0) is 18.6 Å². The predicted octanol–water partition coefficient (Wildman–Crippen LogP) is 1.74. The van der Waals surface area contributed by atoms with Gasteiger partial charge in [-0.3, -0.25) is 14.6 Å². The lowest BCUT2D eigenvalue weighted by Crippen LogP contribution is -2.40. The van der Waals surface area contributed by atoms with Crippen molar-refractivity contribution in [2.75, 3.05) is 31.7 Å². The Morgan fingerprint density at radius 2 is 2.04 bits per heavy atom. The number of fused-ring (bicyclic) bond motifs is 1. The highest BCUT2D eigenvalue weighted by molar-refractivity contribution is 6.04. The van der Waals surface area contributed by atoms with E-state index in [4.69, 9.17) is 4.74 Å². The third-order valence-electron chi connectivity index (χ3n) is 3.43. The Hall–Kier alpha value is -2.47. The first-order valence-electron chi connectivity index (χ1n) is 7.51. The normalized spacial score (nSPS) is 10.5. The fourth-order valence-corrected chi connectivity index (χ4v) is 2.32. The van der Waals surface area contributed by atoms with Crippen molar-refractivity contribution in [3.8, 4) is 0 Å². The summed E-state index contributed by atoms with van der Waals surface area (Å²) in [4.78, 5) is 29.8. The average molecular weight is 315 g/mol. The summed E-state index contributed by atoms with van der Waals surface area (Å²) in [5, 5.41) is 3.71. The number of para-hydroxylation sites is 1. The van der Waals surface area contributed by atoms with Gasteiger partial charge in [0.2, 0.25) is 11.8 Å². The van der Waals surface area contributed by atoms with Crippen molar-refractivity contribution in [2.24, 2.45) is 0 Å². The number of nitrogens with one attached hydrogen (secondary N) is 1. The summed E-state index contributed by atoms with van der Waals surface area (Å²) in [6, 6.07) is 9.34. The van der Waals surface area contributed by atoms with Crippen LogP contribution in [0.2, 0.25) is 0 Å². The molecule has 122 valence electrons. The zero-order chi connectivity index (χ0) is 16.7. The van der Waals surface area contributed by atoms with Gasteiger partial charge in [-0.25, -0.2) is 0 Å².